The van der Waals surface area contributed by atoms with Crippen molar-refractivity contribution in [3.63, 3.8) is 0 Å². The third-order valence-electron chi connectivity index (χ3n) is 3.39. The van der Waals surface area contributed by atoms with Crippen LogP contribution in [0.5, 0.6) is 0 Å². The van der Waals surface area contributed by atoms with Gasteiger partial charge in [-0.3, -0.25) is 0 Å². The number of halogens is 3. The van der Waals surface area contributed by atoms with Crippen LogP contribution < -0.4 is 10.6 Å². The van der Waals surface area contributed by atoms with Gasteiger partial charge in [0.25, 0.3) is 6.43 Å². The van der Waals surface area contributed by atoms with Gasteiger partial charge in [0.05, 0.1) is 10.7 Å². The van der Waals surface area contributed by atoms with Crippen molar-refractivity contribution in [1.82, 2.24) is 5.32 Å². The molecule has 1 aliphatic rings. The first-order chi connectivity index (χ1) is 10.1. The van der Waals surface area contributed by atoms with Crippen LogP contribution in [0.4, 0.5) is 14.5 Å². The summed E-state index contributed by atoms with van der Waals surface area (Å²) < 4.78 is 26.3. The molecule has 0 spiro atoms. The van der Waals surface area contributed by atoms with Gasteiger partial charge in [-0.2, -0.15) is 0 Å². The minimum Gasteiger partial charge on any atom is -0.387 e. The summed E-state index contributed by atoms with van der Waals surface area (Å²) in [6.45, 7) is 5.98. The van der Waals surface area contributed by atoms with E-state index in [0.717, 1.165) is 23.2 Å². The number of dihydropyridines is 1. The Morgan fingerprint density at radius 2 is 2.24 bits per heavy atom. The fourth-order valence-electron chi connectivity index (χ4n) is 2.37. The molecule has 0 bridgehead atoms. The van der Waals surface area contributed by atoms with Gasteiger partial charge in [0.2, 0.25) is 0 Å². The van der Waals surface area contributed by atoms with Crippen LogP contribution in [0, 0.1) is 0 Å². The van der Waals surface area contributed by atoms with Crippen LogP contribution in [-0.2, 0) is 6.42 Å². The van der Waals surface area contributed by atoms with Gasteiger partial charge in [0, 0.05) is 12.1 Å². The van der Waals surface area contributed by atoms with E-state index in [1.54, 1.807) is 18.5 Å². The monoisotopic (exact) mass is 310 g/mol. The maximum absolute atomic E-state index is 13.1. The molecule has 0 saturated carbocycles. The van der Waals surface area contributed by atoms with Crippen LogP contribution in [-0.4, -0.2) is 13.0 Å². The Balaban J connectivity index is 2.56. The van der Waals surface area contributed by atoms with E-state index in [2.05, 4.69) is 17.2 Å². The third kappa shape index (κ3) is 3.27. The molecule has 5 heteroatoms. The smallest absolute Gasteiger partial charge is 0.264 e. The van der Waals surface area contributed by atoms with E-state index in [9.17, 15) is 8.78 Å². The molecule has 2 nitrogen and oxygen atoms in total. The molecule has 0 saturated heterocycles. The van der Waals surface area contributed by atoms with Crippen molar-refractivity contribution in [2.45, 2.75) is 19.8 Å². The minimum absolute atomic E-state index is 0.0382. The molecule has 0 fully saturated rings. The molecule has 0 aliphatic carbocycles. The number of hydrogen-bond acceptors (Lipinski definition) is 2. The second-order valence-electron chi connectivity index (χ2n) is 4.64. The summed E-state index contributed by atoms with van der Waals surface area (Å²) in [5.41, 5.74) is 3.08. The minimum atomic E-state index is -2.51. The highest BCUT2D eigenvalue weighted by atomic mass is 35.5. The predicted octanol–water partition coefficient (Wildman–Crippen LogP) is 4.59. The van der Waals surface area contributed by atoms with E-state index in [0.29, 0.717) is 17.1 Å². The molecule has 21 heavy (non-hydrogen) atoms. The third-order valence-corrected chi connectivity index (χ3v) is 3.69. The van der Waals surface area contributed by atoms with Gasteiger partial charge in [-0.15, -0.1) is 0 Å². The zero-order valence-corrected chi connectivity index (χ0v) is 12.5. The average Bonchev–Trinajstić information content (AvgIpc) is 2.49. The SMILES string of the molecule is C=CNc1c(Cl)cc(C2=C(C(F)F)C=CNC2)cc1CC. The van der Waals surface area contributed by atoms with Crippen LogP contribution in [0.3, 0.4) is 0 Å². The van der Waals surface area contributed by atoms with Crippen LogP contribution in [0.2, 0.25) is 5.02 Å². The summed E-state index contributed by atoms with van der Waals surface area (Å²) in [5.74, 6) is 0. The Bertz CT molecular complexity index is 607. The Morgan fingerprint density at radius 1 is 1.48 bits per heavy atom. The van der Waals surface area contributed by atoms with Crippen molar-refractivity contribution in [2.24, 2.45) is 0 Å². The molecule has 1 aromatic carbocycles. The molecule has 2 rings (SSSR count). The number of benzene rings is 1. The lowest BCUT2D eigenvalue weighted by Crippen LogP contribution is -2.17. The van der Waals surface area contributed by atoms with Gasteiger partial charge in [-0.05, 0) is 53.7 Å². The highest BCUT2D eigenvalue weighted by Crippen LogP contribution is 2.34. The van der Waals surface area contributed by atoms with E-state index in [-0.39, 0.29) is 5.57 Å². The van der Waals surface area contributed by atoms with Gasteiger partial charge in [0.1, 0.15) is 0 Å². The van der Waals surface area contributed by atoms with Crippen molar-refractivity contribution in [3.05, 3.63) is 58.9 Å². The summed E-state index contributed by atoms with van der Waals surface area (Å²) in [7, 11) is 0. The largest absolute Gasteiger partial charge is 0.387 e. The van der Waals surface area contributed by atoms with Crippen molar-refractivity contribution < 1.29 is 8.78 Å². The molecule has 1 aliphatic heterocycles. The lowest BCUT2D eigenvalue weighted by molar-refractivity contribution is 0.194. The van der Waals surface area contributed by atoms with E-state index in [1.165, 1.54) is 6.08 Å². The fourth-order valence-corrected chi connectivity index (χ4v) is 2.66. The topological polar surface area (TPSA) is 24.1 Å². The van der Waals surface area contributed by atoms with Crippen LogP contribution in [0.15, 0.2) is 42.8 Å². The number of allylic oxidation sites excluding steroid dienone is 2. The van der Waals surface area contributed by atoms with Crippen molar-refractivity contribution in [2.75, 3.05) is 11.9 Å². The first-order valence-corrected chi connectivity index (χ1v) is 7.07. The second-order valence-corrected chi connectivity index (χ2v) is 5.05. The normalized spacial score (nSPS) is 14.3. The number of hydrogen-bond donors (Lipinski definition) is 2. The molecule has 0 amide bonds. The molecule has 0 aromatic heterocycles. The van der Waals surface area contributed by atoms with Gasteiger partial charge >= 0.3 is 0 Å². The van der Waals surface area contributed by atoms with Gasteiger partial charge in [0.15, 0.2) is 0 Å². The molecule has 1 aromatic rings. The molecule has 0 radical (unpaired) electrons. The number of rotatable bonds is 5. The van der Waals surface area contributed by atoms with Gasteiger partial charge < -0.3 is 10.6 Å². The van der Waals surface area contributed by atoms with E-state index in [1.807, 2.05) is 13.0 Å². The predicted molar refractivity (Wildman–Crippen MR) is 84.7 cm³/mol. The van der Waals surface area contributed by atoms with E-state index in [4.69, 9.17) is 11.6 Å². The number of nitrogens with one attached hydrogen (secondary N) is 2. The van der Waals surface area contributed by atoms with E-state index < -0.39 is 6.43 Å². The highest BCUT2D eigenvalue weighted by molar-refractivity contribution is 6.33. The summed E-state index contributed by atoms with van der Waals surface area (Å²) in [5, 5.41) is 6.47. The lowest BCUT2D eigenvalue weighted by Gasteiger charge is -2.20. The fraction of sp³-hybridized carbons (Fsp3) is 0.250. The zero-order valence-electron chi connectivity index (χ0n) is 11.7. The summed E-state index contributed by atoms with van der Waals surface area (Å²) in [6, 6.07) is 3.61. The molecular formula is C16H17ClF2N2. The number of anilines is 1. The second kappa shape index (κ2) is 6.76. The summed E-state index contributed by atoms with van der Waals surface area (Å²) >= 11 is 6.28. The molecule has 0 unspecified atom stereocenters. The van der Waals surface area contributed by atoms with Crippen molar-refractivity contribution >= 4 is 22.9 Å². The maximum Gasteiger partial charge on any atom is 0.264 e. The summed E-state index contributed by atoms with van der Waals surface area (Å²) in [6.07, 6.45) is 2.74. The Kier molecular flexibility index (Phi) is 5.02. The Morgan fingerprint density at radius 3 is 2.86 bits per heavy atom. The molecule has 2 N–H and O–H groups in total. The maximum atomic E-state index is 13.1. The standard InChI is InChI=1S/C16H17ClF2N2/c1-3-10-7-11(8-14(17)15(10)21-4-2)13-9-20-6-5-12(13)16(18)19/h4-8,16,20-21H,2-3,9H2,1H3. The Hall–Kier alpha value is -1.81. The molecule has 0 atom stereocenters. The van der Waals surface area contributed by atoms with Crippen LogP contribution in [0.1, 0.15) is 18.1 Å². The average molecular weight is 311 g/mol. The van der Waals surface area contributed by atoms with Crippen molar-refractivity contribution in [3.8, 4) is 0 Å². The highest BCUT2D eigenvalue weighted by Gasteiger charge is 2.19. The van der Waals surface area contributed by atoms with Crippen LogP contribution >= 0.6 is 11.6 Å². The van der Waals surface area contributed by atoms with E-state index >= 15 is 0 Å². The number of alkyl halides is 2. The molecule has 1 heterocycles. The number of aryl methyl sites for hydroxylation is 1. The molecular weight excluding hydrogens is 294 g/mol. The Labute approximate surface area is 128 Å². The van der Waals surface area contributed by atoms with Crippen molar-refractivity contribution in [1.29, 1.82) is 0 Å². The van der Waals surface area contributed by atoms with Gasteiger partial charge in [-0.25, -0.2) is 8.78 Å². The first kappa shape index (κ1) is 15.6. The first-order valence-electron chi connectivity index (χ1n) is 6.69. The zero-order chi connectivity index (χ0) is 15.4. The van der Waals surface area contributed by atoms with Crippen LogP contribution in [0.25, 0.3) is 5.57 Å². The molecule has 112 valence electrons. The lowest BCUT2D eigenvalue weighted by atomic mass is 9.95. The quantitative estimate of drug-likeness (QED) is 0.831. The van der Waals surface area contributed by atoms with Gasteiger partial charge in [-0.1, -0.05) is 25.1 Å². The summed E-state index contributed by atoms with van der Waals surface area (Å²) in [4.78, 5) is 0.